The van der Waals surface area contributed by atoms with Gasteiger partial charge in [-0.15, -0.1) is 0 Å². The second-order valence-electron chi connectivity index (χ2n) is 5.03. The topological polar surface area (TPSA) is 62.6 Å². The normalized spacial score (nSPS) is 10.2. The number of benzene rings is 1. The number of carbonyl (C=O) groups excluding carboxylic acids is 2. The van der Waals surface area contributed by atoms with Gasteiger partial charge in [0.1, 0.15) is 5.76 Å². The maximum Gasteiger partial charge on any atom is 0.222 e. The highest BCUT2D eigenvalue weighted by atomic mass is 16.3. The lowest BCUT2D eigenvalue weighted by molar-refractivity contribution is -0.130. The van der Waals surface area contributed by atoms with E-state index in [-0.39, 0.29) is 18.2 Å². The van der Waals surface area contributed by atoms with Crippen LogP contribution < -0.4 is 5.32 Å². The van der Waals surface area contributed by atoms with Crippen molar-refractivity contribution in [1.82, 2.24) is 10.2 Å². The Balaban J connectivity index is 1.76. The van der Waals surface area contributed by atoms with Gasteiger partial charge in [-0.2, -0.15) is 0 Å². The molecule has 0 fully saturated rings. The van der Waals surface area contributed by atoms with Gasteiger partial charge in [0.15, 0.2) is 0 Å². The minimum atomic E-state index is -0.0766. The first-order valence-electron chi connectivity index (χ1n) is 7.23. The molecule has 2 rings (SSSR count). The van der Waals surface area contributed by atoms with Gasteiger partial charge in [0.2, 0.25) is 11.8 Å². The first-order chi connectivity index (χ1) is 10.6. The Bertz CT molecular complexity index is 594. The predicted octanol–water partition coefficient (Wildman–Crippen LogP) is 2.33. The first-order valence-corrected chi connectivity index (χ1v) is 7.23. The maximum atomic E-state index is 11.9. The van der Waals surface area contributed by atoms with Crippen LogP contribution >= 0.6 is 0 Å². The Morgan fingerprint density at radius 2 is 1.91 bits per heavy atom. The van der Waals surface area contributed by atoms with Gasteiger partial charge in [-0.1, -0.05) is 30.3 Å². The highest BCUT2D eigenvalue weighted by Crippen LogP contribution is 2.06. The molecule has 116 valence electrons. The van der Waals surface area contributed by atoms with E-state index in [4.69, 9.17) is 4.42 Å². The van der Waals surface area contributed by atoms with Crippen molar-refractivity contribution in [1.29, 1.82) is 0 Å². The number of amides is 2. The molecule has 0 radical (unpaired) electrons. The van der Waals surface area contributed by atoms with Gasteiger partial charge in [0.05, 0.1) is 12.8 Å². The molecule has 0 aliphatic rings. The van der Waals surface area contributed by atoms with Crippen LogP contribution in [0, 0.1) is 0 Å². The van der Waals surface area contributed by atoms with Crippen molar-refractivity contribution in [3.8, 4) is 0 Å². The molecule has 1 aromatic heterocycles. The molecule has 0 atom stereocenters. The van der Waals surface area contributed by atoms with E-state index in [1.165, 1.54) is 6.92 Å². The molecule has 0 saturated heterocycles. The van der Waals surface area contributed by atoms with E-state index in [1.807, 2.05) is 36.4 Å². The molecule has 0 bridgehead atoms. The van der Waals surface area contributed by atoms with E-state index < -0.39 is 0 Å². The zero-order chi connectivity index (χ0) is 15.8. The molecule has 5 heteroatoms. The summed E-state index contributed by atoms with van der Waals surface area (Å²) in [6.45, 7) is 2.74. The van der Waals surface area contributed by atoms with Gasteiger partial charge in [-0.3, -0.25) is 9.59 Å². The summed E-state index contributed by atoms with van der Waals surface area (Å²) in [6, 6.07) is 13.3. The molecule has 1 aromatic carbocycles. The van der Waals surface area contributed by atoms with Gasteiger partial charge in [0.25, 0.3) is 0 Å². The van der Waals surface area contributed by atoms with Crippen LogP contribution in [0.2, 0.25) is 0 Å². The third-order valence-electron chi connectivity index (χ3n) is 3.31. The molecule has 2 amide bonds. The minimum absolute atomic E-state index is 0.0745. The van der Waals surface area contributed by atoms with Gasteiger partial charge in [0, 0.05) is 26.4 Å². The molecule has 0 saturated carbocycles. The minimum Gasteiger partial charge on any atom is -0.467 e. The van der Waals surface area contributed by atoms with Gasteiger partial charge in [-0.05, 0) is 17.7 Å². The zero-order valence-corrected chi connectivity index (χ0v) is 12.6. The summed E-state index contributed by atoms with van der Waals surface area (Å²) in [5.74, 6) is 0.557. The van der Waals surface area contributed by atoms with Gasteiger partial charge >= 0.3 is 0 Å². The highest BCUT2D eigenvalue weighted by molar-refractivity contribution is 5.78. The monoisotopic (exact) mass is 300 g/mol. The summed E-state index contributed by atoms with van der Waals surface area (Å²) < 4.78 is 5.23. The lowest BCUT2D eigenvalue weighted by atomic mass is 10.2. The summed E-state index contributed by atoms with van der Waals surface area (Å²) in [5.41, 5.74) is 1.05. The van der Waals surface area contributed by atoms with Crippen LogP contribution in [0.15, 0.2) is 53.1 Å². The number of nitrogens with one attached hydrogen (secondary N) is 1. The molecule has 0 aliphatic heterocycles. The fourth-order valence-electron chi connectivity index (χ4n) is 2.06. The third kappa shape index (κ3) is 5.09. The SMILES string of the molecule is CC(=O)N(CCC(=O)NCc1ccccc1)Cc1ccco1. The van der Waals surface area contributed by atoms with Crippen molar-refractivity contribution >= 4 is 11.8 Å². The molecule has 1 N–H and O–H groups in total. The average molecular weight is 300 g/mol. The molecule has 5 nitrogen and oxygen atoms in total. The van der Waals surface area contributed by atoms with Crippen molar-refractivity contribution < 1.29 is 14.0 Å². The fourth-order valence-corrected chi connectivity index (χ4v) is 2.06. The lowest BCUT2D eigenvalue weighted by Gasteiger charge is -2.19. The standard InChI is InChI=1S/C17H20N2O3/c1-14(20)19(13-16-8-5-11-22-16)10-9-17(21)18-12-15-6-3-2-4-7-15/h2-8,11H,9-10,12-13H2,1H3,(H,18,21). The number of furan rings is 1. The van der Waals surface area contributed by atoms with E-state index >= 15 is 0 Å². The van der Waals surface area contributed by atoms with Crippen LogP contribution in [0.25, 0.3) is 0 Å². The molecule has 1 heterocycles. The van der Waals surface area contributed by atoms with Crippen LogP contribution in [0.4, 0.5) is 0 Å². The summed E-state index contributed by atoms with van der Waals surface area (Å²) in [7, 11) is 0. The summed E-state index contributed by atoms with van der Waals surface area (Å²) in [4.78, 5) is 25.1. The van der Waals surface area contributed by atoms with E-state index in [0.29, 0.717) is 25.4 Å². The van der Waals surface area contributed by atoms with Crippen LogP contribution in [-0.4, -0.2) is 23.3 Å². The zero-order valence-electron chi connectivity index (χ0n) is 12.6. The largest absolute Gasteiger partial charge is 0.467 e. The Labute approximate surface area is 129 Å². The van der Waals surface area contributed by atoms with Crippen molar-refractivity contribution in [3.05, 3.63) is 60.1 Å². The van der Waals surface area contributed by atoms with E-state index in [0.717, 1.165) is 5.56 Å². The third-order valence-corrected chi connectivity index (χ3v) is 3.31. The Kier molecular flexibility index (Phi) is 5.77. The second-order valence-corrected chi connectivity index (χ2v) is 5.03. The second kappa shape index (κ2) is 8.02. The van der Waals surface area contributed by atoms with Crippen molar-refractivity contribution in [2.45, 2.75) is 26.4 Å². The Morgan fingerprint density at radius 3 is 2.55 bits per heavy atom. The number of nitrogens with zero attached hydrogens (tertiary/aromatic N) is 1. The Morgan fingerprint density at radius 1 is 1.14 bits per heavy atom. The Hall–Kier alpha value is -2.56. The summed E-state index contributed by atoms with van der Waals surface area (Å²) in [5, 5.41) is 2.85. The molecular formula is C17H20N2O3. The van der Waals surface area contributed by atoms with Crippen LogP contribution in [-0.2, 0) is 22.7 Å². The van der Waals surface area contributed by atoms with E-state index in [9.17, 15) is 9.59 Å². The van der Waals surface area contributed by atoms with Crippen molar-refractivity contribution in [2.75, 3.05) is 6.54 Å². The predicted molar refractivity (Wildman–Crippen MR) is 82.7 cm³/mol. The number of rotatable bonds is 7. The van der Waals surface area contributed by atoms with Crippen molar-refractivity contribution in [3.63, 3.8) is 0 Å². The smallest absolute Gasteiger partial charge is 0.222 e. The molecular weight excluding hydrogens is 280 g/mol. The molecule has 0 unspecified atom stereocenters. The van der Waals surface area contributed by atoms with E-state index in [1.54, 1.807) is 17.2 Å². The summed E-state index contributed by atoms with van der Waals surface area (Å²) >= 11 is 0. The first kappa shape index (κ1) is 15.8. The van der Waals surface area contributed by atoms with Gasteiger partial charge in [-0.25, -0.2) is 0 Å². The van der Waals surface area contributed by atoms with Crippen LogP contribution in [0.5, 0.6) is 0 Å². The number of hydrogen-bond donors (Lipinski definition) is 1. The number of carbonyl (C=O) groups is 2. The molecule has 22 heavy (non-hydrogen) atoms. The number of hydrogen-bond acceptors (Lipinski definition) is 3. The molecule has 0 spiro atoms. The van der Waals surface area contributed by atoms with Gasteiger partial charge < -0.3 is 14.6 Å². The quantitative estimate of drug-likeness (QED) is 0.853. The van der Waals surface area contributed by atoms with Crippen LogP contribution in [0.1, 0.15) is 24.7 Å². The summed E-state index contributed by atoms with van der Waals surface area (Å²) in [6.07, 6.45) is 1.84. The fraction of sp³-hybridized carbons (Fsp3) is 0.294. The highest BCUT2D eigenvalue weighted by Gasteiger charge is 2.13. The molecule has 2 aromatic rings. The lowest BCUT2D eigenvalue weighted by Crippen LogP contribution is -2.33. The van der Waals surface area contributed by atoms with Crippen molar-refractivity contribution in [2.24, 2.45) is 0 Å². The van der Waals surface area contributed by atoms with Crippen LogP contribution in [0.3, 0.4) is 0 Å². The maximum absolute atomic E-state index is 11.9. The average Bonchev–Trinajstić information content (AvgIpc) is 3.03. The van der Waals surface area contributed by atoms with E-state index in [2.05, 4.69) is 5.32 Å². The molecule has 0 aliphatic carbocycles.